The minimum atomic E-state index is -0.477. The van der Waals surface area contributed by atoms with E-state index in [1.54, 1.807) is 41.3 Å². The molecule has 3 aromatic heterocycles. The van der Waals surface area contributed by atoms with Gasteiger partial charge in [-0.1, -0.05) is 19.3 Å². The Morgan fingerprint density at radius 3 is 2.59 bits per heavy atom. The number of furan rings is 1. The molecular formula is C25H33N5O4. The van der Waals surface area contributed by atoms with Crippen LogP contribution in [-0.2, 0) is 18.4 Å². The van der Waals surface area contributed by atoms with Crippen molar-refractivity contribution in [2.45, 2.75) is 44.8 Å². The Kier molecular flexibility index (Phi) is 9.40. The fraction of sp³-hybridized carbons (Fsp3) is 0.440. The zero-order chi connectivity index (χ0) is 24.3. The van der Waals surface area contributed by atoms with E-state index in [2.05, 4.69) is 20.7 Å². The van der Waals surface area contributed by atoms with Crippen LogP contribution in [0, 0.1) is 5.92 Å². The molecule has 0 saturated heterocycles. The van der Waals surface area contributed by atoms with Crippen LogP contribution in [0.25, 0.3) is 11.5 Å². The fourth-order valence-corrected chi connectivity index (χ4v) is 3.89. The molecule has 9 nitrogen and oxygen atoms in total. The summed E-state index contributed by atoms with van der Waals surface area (Å²) in [7, 11) is 5.61. The predicted octanol–water partition coefficient (Wildman–Crippen LogP) is 3.37. The van der Waals surface area contributed by atoms with Gasteiger partial charge in [-0.2, -0.15) is 5.10 Å². The van der Waals surface area contributed by atoms with Crippen molar-refractivity contribution in [3.05, 3.63) is 54.2 Å². The van der Waals surface area contributed by atoms with Gasteiger partial charge in [0.05, 0.1) is 17.9 Å². The molecule has 3 heterocycles. The molecule has 1 fully saturated rings. The second-order valence-electron chi connectivity index (χ2n) is 8.31. The number of nitrogens with one attached hydrogen (secondary N) is 2. The van der Waals surface area contributed by atoms with Gasteiger partial charge >= 0.3 is 0 Å². The van der Waals surface area contributed by atoms with Crippen LogP contribution in [0.2, 0.25) is 0 Å². The summed E-state index contributed by atoms with van der Waals surface area (Å²) in [5.74, 6) is 1.07. The van der Waals surface area contributed by atoms with Crippen LogP contribution in [0.4, 0.5) is 0 Å². The number of amides is 1. The molecule has 9 heteroatoms. The number of carbonyl (C=O) groups is 2. The minimum Gasteiger partial charge on any atom is -0.486 e. The summed E-state index contributed by atoms with van der Waals surface area (Å²) in [5, 5.41) is 9.67. The smallest absolute Gasteiger partial charge is 0.287 e. The van der Waals surface area contributed by atoms with Gasteiger partial charge in [-0.25, -0.2) is 4.98 Å². The third kappa shape index (κ3) is 6.77. The highest BCUT2D eigenvalue weighted by atomic mass is 16.5. The van der Waals surface area contributed by atoms with Crippen molar-refractivity contribution in [2.24, 2.45) is 13.0 Å². The first-order valence-corrected chi connectivity index (χ1v) is 11.6. The van der Waals surface area contributed by atoms with E-state index in [-0.39, 0.29) is 17.6 Å². The molecule has 34 heavy (non-hydrogen) atoms. The van der Waals surface area contributed by atoms with Gasteiger partial charge in [0.15, 0.2) is 11.5 Å². The number of carbonyl (C=O) groups excluding carboxylic acids is 2. The standard InChI is InChI=1S/C23H26N4O4.C2H7N/c1-27-17(11-12-25-27)15-30-18-7-8-19(24-13-18)21-9-10-22(31-21)23(29)26-20(14-28)16-5-3-2-4-6-16;1-3-2/h7-14,16,20H,2-6,15H2,1H3,(H,26,29);3H,1-2H3/t20-;/m1./s1. The van der Waals surface area contributed by atoms with Crippen molar-refractivity contribution in [3.63, 3.8) is 0 Å². The summed E-state index contributed by atoms with van der Waals surface area (Å²) in [4.78, 5) is 28.4. The molecule has 182 valence electrons. The van der Waals surface area contributed by atoms with Crippen LogP contribution >= 0.6 is 0 Å². The Hall–Kier alpha value is -3.46. The number of nitrogens with zero attached hydrogens (tertiary/aromatic N) is 3. The van der Waals surface area contributed by atoms with E-state index in [4.69, 9.17) is 9.15 Å². The minimum absolute atomic E-state index is 0.163. The van der Waals surface area contributed by atoms with Crippen LogP contribution in [-0.4, -0.2) is 47.1 Å². The van der Waals surface area contributed by atoms with Gasteiger partial charge in [0.2, 0.25) is 0 Å². The molecule has 1 aliphatic rings. The molecule has 0 unspecified atom stereocenters. The van der Waals surface area contributed by atoms with E-state index < -0.39 is 6.04 Å². The van der Waals surface area contributed by atoms with Crippen LogP contribution in [0.15, 0.2) is 47.1 Å². The quantitative estimate of drug-likeness (QED) is 0.489. The molecule has 0 aliphatic heterocycles. The maximum Gasteiger partial charge on any atom is 0.287 e. The van der Waals surface area contributed by atoms with E-state index >= 15 is 0 Å². The molecule has 2 N–H and O–H groups in total. The average Bonchev–Trinajstić information content (AvgIpc) is 3.52. The molecular weight excluding hydrogens is 434 g/mol. The number of hydrogen-bond donors (Lipinski definition) is 2. The number of ether oxygens (including phenoxy) is 1. The van der Waals surface area contributed by atoms with Crippen molar-refractivity contribution in [3.8, 4) is 17.2 Å². The third-order valence-corrected chi connectivity index (χ3v) is 5.73. The Bertz CT molecular complexity index is 1040. The molecule has 4 rings (SSSR count). The maximum atomic E-state index is 12.6. The summed E-state index contributed by atoms with van der Waals surface area (Å²) in [5.41, 5.74) is 1.54. The van der Waals surface area contributed by atoms with E-state index in [1.165, 1.54) is 6.42 Å². The number of aldehydes is 1. The topological polar surface area (TPSA) is 111 Å². The predicted molar refractivity (Wildman–Crippen MR) is 128 cm³/mol. The summed E-state index contributed by atoms with van der Waals surface area (Å²) in [6, 6.07) is 8.28. The summed E-state index contributed by atoms with van der Waals surface area (Å²) in [6.45, 7) is 0.390. The summed E-state index contributed by atoms with van der Waals surface area (Å²) in [6.07, 6.45) is 9.49. The monoisotopic (exact) mass is 467 g/mol. The molecule has 1 atom stereocenters. The molecule has 1 aliphatic carbocycles. The first-order valence-electron chi connectivity index (χ1n) is 11.6. The average molecular weight is 468 g/mol. The van der Waals surface area contributed by atoms with Gasteiger partial charge < -0.3 is 24.6 Å². The largest absolute Gasteiger partial charge is 0.486 e. The lowest BCUT2D eigenvalue weighted by Gasteiger charge is -2.26. The molecule has 0 aromatic carbocycles. The Morgan fingerprint density at radius 2 is 1.97 bits per heavy atom. The highest BCUT2D eigenvalue weighted by Gasteiger charge is 2.26. The maximum absolute atomic E-state index is 12.6. The van der Waals surface area contributed by atoms with E-state index in [0.29, 0.717) is 23.8 Å². The Labute approximate surface area is 199 Å². The lowest BCUT2D eigenvalue weighted by atomic mass is 9.84. The molecule has 1 amide bonds. The second-order valence-corrected chi connectivity index (χ2v) is 8.31. The number of pyridine rings is 1. The van der Waals surface area contributed by atoms with Crippen LogP contribution in [0.1, 0.15) is 48.4 Å². The highest BCUT2D eigenvalue weighted by Crippen LogP contribution is 2.27. The first-order chi connectivity index (χ1) is 16.5. The van der Waals surface area contributed by atoms with Crippen molar-refractivity contribution in [2.75, 3.05) is 14.1 Å². The third-order valence-electron chi connectivity index (χ3n) is 5.73. The van der Waals surface area contributed by atoms with Gasteiger partial charge in [-0.05, 0) is 63.2 Å². The first kappa shape index (κ1) is 25.2. The van der Waals surface area contributed by atoms with Gasteiger partial charge in [0, 0.05) is 13.2 Å². The molecule has 1 saturated carbocycles. The lowest BCUT2D eigenvalue weighted by molar-refractivity contribution is -0.110. The van der Waals surface area contributed by atoms with Crippen molar-refractivity contribution in [1.82, 2.24) is 25.4 Å². The summed E-state index contributed by atoms with van der Waals surface area (Å²) < 4.78 is 13.2. The lowest BCUT2D eigenvalue weighted by Crippen LogP contribution is -2.42. The molecule has 0 bridgehead atoms. The summed E-state index contributed by atoms with van der Waals surface area (Å²) >= 11 is 0. The van der Waals surface area contributed by atoms with Crippen LogP contribution in [0.3, 0.4) is 0 Å². The number of hydrogen-bond acceptors (Lipinski definition) is 7. The number of aromatic nitrogens is 3. The Balaban J connectivity index is 0.00000103. The molecule has 3 aromatic rings. The second kappa shape index (κ2) is 12.7. The van der Waals surface area contributed by atoms with Crippen molar-refractivity contribution in [1.29, 1.82) is 0 Å². The normalized spacial score (nSPS) is 14.6. The van der Waals surface area contributed by atoms with Crippen LogP contribution < -0.4 is 15.4 Å². The SMILES string of the molecule is CNC.Cn1nccc1COc1ccc(-c2ccc(C(=O)N[C@H](C=O)C3CCCCC3)o2)nc1. The van der Waals surface area contributed by atoms with Gasteiger partial charge in [-0.15, -0.1) is 0 Å². The number of aryl methyl sites for hydroxylation is 1. The zero-order valence-electron chi connectivity index (χ0n) is 20.0. The van der Waals surface area contributed by atoms with E-state index in [0.717, 1.165) is 37.7 Å². The van der Waals surface area contributed by atoms with Gasteiger partial charge in [0.1, 0.15) is 24.3 Å². The van der Waals surface area contributed by atoms with Gasteiger partial charge in [0.25, 0.3) is 5.91 Å². The van der Waals surface area contributed by atoms with Crippen molar-refractivity contribution >= 4 is 12.2 Å². The van der Waals surface area contributed by atoms with E-state index in [9.17, 15) is 9.59 Å². The van der Waals surface area contributed by atoms with Crippen molar-refractivity contribution < 1.29 is 18.7 Å². The Morgan fingerprint density at radius 1 is 1.21 bits per heavy atom. The van der Waals surface area contributed by atoms with E-state index in [1.807, 2.05) is 27.2 Å². The fourth-order valence-electron chi connectivity index (χ4n) is 3.89. The zero-order valence-corrected chi connectivity index (χ0v) is 20.0. The number of rotatable bonds is 8. The van der Waals surface area contributed by atoms with Gasteiger partial charge in [-0.3, -0.25) is 9.48 Å². The highest BCUT2D eigenvalue weighted by molar-refractivity contribution is 5.93. The molecule has 0 spiro atoms. The molecule has 0 radical (unpaired) electrons. The van der Waals surface area contributed by atoms with Crippen LogP contribution in [0.5, 0.6) is 5.75 Å².